The van der Waals surface area contributed by atoms with E-state index in [1.54, 1.807) is 12.4 Å². The van der Waals surface area contributed by atoms with Gasteiger partial charge in [-0.25, -0.2) is 0 Å². The predicted molar refractivity (Wildman–Crippen MR) is 94.1 cm³/mol. The molecule has 24 heavy (non-hydrogen) atoms. The SMILES string of the molecule is Cc1cncc(C(=O)NCC[C@@H]2CCCN(C3CCOCC3)C2)c1. The molecule has 132 valence electrons. The van der Waals surface area contributed by atoms with E-state index in [1.807, 2.05) is 13.0 Å². The number of amides is 1. The molecule has 1 aromatic heterocycles. The van der Waals surface area contributed by atoms with Gasteiger partial charge in [-0.2, -0.15) is 0 Å². The second-order valence-electron chi connectivity index (χ2n) is 7.14. The van der Waals surface area contributed by atoms with Crippen molar-refractivity contribution in [3.63, 3.8) is 0 Å². The van der Waals surface area contributed by atoms with E-state index in [-0.39, 0.29) is 5.91 Å². The topological polar surface area (TPSA) is 54.5 Å². The summed E-state index contributed by atoms with van der Waals surface area (Å²) in [5, 5.41) is 3.05. The third kappa shape index (κ3) is 4.77. The van der Waals surface area contributed by atoms with Crippen molar-refractivity contribution in [1.82, 2.24) is 15.2 Å². The van der Waals surface area contributed by atoms with E-state index in [0.717, 1.165) is 31.7 Å². The lowest BCUT2D eigenvalue weighted by atomic mass is 9.92. The highest BCUT2D eigenvalue weighted by atomic mass is 16.5. The molecule has 0 spiro atoms. The van der Waals surface area contributed by atoms with E-state index in [4.69, 9.17) is 4.74 Å². The molecule has 5 nitrogen and oxygen atoms in total. The number of piperidine rings is 1. The molecule has 0 unspecified atom stereocenters. The maximum Gasteiger partial charge on any atom is 0.252 e. The fourth-order valence-electron chi connectivity index (χ4n) is 3.89. The zero-order chi connectivity index (χ0) is 16.8. The lowest BCUT2D eigenvalue weighted by molar-refractivity contribution is 0.0170. The van der Waals surface area contributed by atoms with Crippen molar-refractivity contribution in [3.05, 3.63) is 29.6 Å². The van der Waals surface area contributed by atoms with Crippen LogP contribution in [0.3, 0.4) is 0 Å². The molecule has 0 aromatic carbocycles. The monoisotopic (exact) mass is 331 g/mol. The van der Waals surface area contributed by atoms with Gasteiger partial charge in [-0.1, -0.05) is 0 Å². The Morgan fingerprint density at radius 2 is 2.17 bits per heavy atom. The van der Waals surface area contributed by atoms with Crippen LogP contribution < -0.4 is 5.32 Å². The molecule has 3 heterocycles. The van der Waals surface area contributed by atoms with Gasteiger partial charge >= 0.3 is 0 Å². The predicted octanol–water partition coefficient (Wildman–Crippen LogP) is 2.40. The van der Waals surface area contributed by atoms with Crippen LogP contribution in [-0.2, 0) is 4.74 Å². The van der Waals surface area contributed by atoms with Crippen LogP contribution in [0.5, 0.6) is 0 Å². The fourth-order valence-corrected chi connectivity index (χ4v) is 3.89. The van der Waals surface area contributed by atoms with E-state index >= 15 is 0 Å². The molecule has 2 saturated heterocycles. The summed E-state index contributed by atoms with van der Waals surface area (Å²) < 4.78 is 5.48. The first-order valence-electron chi connectivity index (χ1n) is 9.24. The first-order valence-corrected chi connectivity index (χ1v) is 9.24. The number of nitrogens with zero attached hydrogens (tertiary/aromatic N) is 2. The average molecular weight is 331 g/mol. The maximum atomic E-state index is 12.2. The smallest absolute Gasteiger partial charge is 0.252 e. The summed E-state index contributed by atoms with van der Waals surface area (Å²) in [4.78, 5) is 18.9. The summed E-state index contributed by atoms with van der Waals surface area (Å²) in [6.07, 6.45) is 9.36. The summed E-state index contributed by atoms with van der Waals surface area (Å²) in [7, 11) is 0. The molecule has 0 bridgehead atoms. The molecule has 2 fully saturated rings. The van der Waals surface area contributed by atoms with Crippen molar-refractivity contribution < 1.29 is 9.53 Å². The van der Waals surface area contributed by atoms with Gasteiger partial charge in [0, 0.05) is 44.7 Å². The number of hydrogen-bond acceptors (Lipinski definition) is 4. The van der Waals surface area contributed by atoms with E-state index < -0.39 is 0 Å². The van der Waals surface area contributed by atoms with Gasteiger partial charge in [-0.3, -0.25) is 14.7 Å². The molecule has 0 aliphatic carbocycles. The minimum absolute atomic E-state index is 0.0108. The zero-order valence-electron chi connectivity index (χ0n) is 14.7. The van der Waals surface area contributed by atoms with E-state index in [0.29, 0.717) is 17.5 Å². The van der Waals surface area contributed by atoms with Crippen molar-refractivity contribution in [2.24, 2.45) is 5.92 Å². The molecular weight excluding hydrogens is 302 g/mol. The number of carbonyl (C=O) groups is 1. The van der Waals surface area contributed by atoms with Crippen molar-refractivity contribution >= 4 is 5.91 Å². The molecule has 2 aliphatic rings. The van der Waals surface area contributed by atoms with Gasteiger partial charge in [0.05, 0.1) is 5.56 Å². The van der Waals surface area contributed by atoms with Crippen LogP contribution >= 0.6 is 0 Å². The van der Waals surface area contributed by atoms with E-state index in [2.05, 4.69) is 15.2 Å². The van der Waals surface area contributed by atoms with E-state index in [1.165, 1.54) is 38.8 Å². The van der Waals surface area contributed by atoms with Gasteiger partial charge in [0.25, 0.3) is 5.91 Å². The normalized spacial score (nSPS) is 23.1. The lowest BCUT2D eigenvalue weighted by Gasteiger charge is -2.40. The number of pyridine rings is 1. The van der Waals surface area contributed by atoms with Crippen molar-refractivity contribution in [1.29, 1.82) is 0 Å². The zero-order valence-corrected chi connectivity index (χ0v) is 14.7. The Morgan fingerprint density at radius 3 is 2.96 bits per heavy atom. The van der Waals surface area contributed by atoms with Gasteiger partial charge in [0.2, 0.25) is 0 Å². The Balaban J connectivity index is 1.42. The highest BCUT2D eigenvalue weighted by Gasteiger charge is 2.27. The van der Waals surface area contributed by atoms with Crippen LogP contribution in [0, 0.1) is 12.8 Å². The van der Waals surface area contributed by atoms with E-state index in [9.17, 15) is 4.79 Å². The van der Waals surface area contributed by atoms with Gasteiger partial charge in [-0.15, -0.1) is 0 Å². The lowest BCUT2D eigenvalue weighted by Crippen LogP contribution is -2.45. The average Bonchev–Trinajstić information content (AvgIpc) is 2.63. The number of ether oxygens (including phenoxy) is 1. The third-order valence-electron chi connectivity index (χ3n) is 5.23. The summed E-state index contributed by atoms with van der Waals surface area (Å²) in [6.45, 7) is 6.92. The van der Waals surface area contributed by atoms with Gasteiger partial charge in [0.1, 0.15) is 0 Å². The highest BCUT2D eigenvalue weighted by molar-refractivity contribution is 5.93. The molecule has 1 aromatic rings. The van der Waals surface area contributed by atoms with Crippen molar-refractivity contribution in [3.8, 4) is 0 Å². The molecule has 3 rings (SSSR count). The molecule has 1 N–H and O–H groups in total. The molecule has 1 atom stereocenters. The molecule has 0 saturated carbocycles. The Morgan fingerprint density at radius 1 is 1.33 bits per heavy atom. The molecule has 0 radical (unpaired) electrons. The number of carbonyl (C=O) groups excluding carboxylic acids is 1. The second kappa shape index (κ2) is 8.58. The van der Waals surface area contributed by atoms with Crippen LogP contribution in [0.25, 0.3) is 0 Å². The second-order valence-corrected chi connectivity index (χ2v) is 7.14. The maximum absolute atomic E-state index is 12.2. The fraction of sp³-hybridized carbons (Fsp3) is 0.684. The minimum atomic E-state index is -0.0108. The first-order chi connectivity index (χ1) is 11.7. The van der Waals surface area contributed by atoms with Gasteiger partial charge in [-0.05, 0) is 63.1 Å². The summed E-state index contributed by atoms with van der Waals surface area (Å²) in [5.41, 5.74) is 1.67. The standard InChI is InChI=1S/C19H29N3O2/c1-15-11-17(13-20-12-15)19(23)21-7-4-16-3-2-8-22(14-16)18-5-9-24-10-6-18/h11-13,16,18H,2-10,14H2,1H3,(H,21,23)/t16-/m0/s1. The highest BCUT2D eigenvalue weighted by Crippen LogP contribution is 2.24. The van der Waals surface area contributed by atoms with Crippen LogP contribution in [0.2, 0.25) is 0 Å². The number of hydrogen-bond donors (Lipinski definition) is 1. The Kier molecular flexibility index (Phi) is 6.21. The third-order valence-corrected chi connectivity index (χ3v) is 5.23. The van der Waals surface area contributed by atoms with Gasteiger partial charge < -0.3 is 10.1 Å². The quantitative estimate of drug-likeness (QED) is 0.900. The van der Waals surface area contributed by atoms with Crippen molar-refractivity contribution in [2.75, 3.05) is 32.8 Å². The van der Waals surface area contributed by atoms with Gasteiger partial charge in [0.15, 0.2) is 0 Å². The Labute approximate surface area is 144 Å². The summed E-state index contributed by atoms with van der Waals surface area (Å²) in [5.74, 6) is 0.681. The molecule has 2 aliphatic heterocycles. The number of aromatic nitrogens is 1. The number of nitrogens with one attached hydrogen (secondary N) is 1. The molecule has 5 heteroatoms. The largest absolute Gasteiger partial charge is 0.381 e. The van der Waals surface area contributed by atoms with Crippen molar-refractivity contribution in [2.45, 2.75) is 45.1 Å². The Bertz CT molecular complexity index is 543. The molecule has 1 amide bonds. The summed E-state index contributed by atoms with van der Waals surface area (Å²) in [6, 6.07) is 2.59. The molecular formula is C19H29N3O2. The van der Waals surface area contributed by atoms with Crippen LogP contribution in [0.4, 0.5) is 0 Å². The minimum Gasteiger partial charge on any atom is -0.381 e. The van der Waals surface area contributed by atoms with Crippen LogP contribution in [0.1, 0.15) is 48.0 Å². The number of rotatable bonds is 5. The number of aryl methyl sites for hydroxylation is 1. The number of likely N-dealkylation sites (tertiary alicyclic amines) is 1. The first kappa shape index (κ1) is 17.4. The van der Waals surface area contributed by atoms with Crippen LogP contribution in [-0.4, -0.2) is 54.7 Å². The van der Waals surface area contributed by atoms with Crippen LogP contribution in [0.15, 0.2) is 18.5 Å². The summed E-state index contributed by atoms with van der Waals surface area (Å²) >= 11 is 0. The Hall–Kier alpha value is -1.46.